The van der Waals surface area contributed by atoms with Crippen LogP contribution in [0.25, 0.3) is 0 Å². The number of rotatable bonds is 9. The number of aromatic nitrogens is 2. The third kappa shape index (κ3) is 5.16. The number of anilines is 2. The van der Waals surface area contributed by atoms with Gasteiger partial charge in [0.25, 0.3) is 0 Å². The van der Waals surface area contributed by atoms with Gasteiger partial charge in [0.2, 0.25) is 0 Å². The number of nitrogens with one attached hydrogen (secondary N) is 2. The lowest BCUT2D eigenvalue weighted by molar-refractivity contribution is 0.255. The largest absolute Gasteiger partial charge is 0.396 e. The van der Waals surface area contributed by atoms with Gasteiger partial charge in [0, 0.05) is 31.7 Å². The molecule has 0 fully saturated rings. The molecule has 5 heteroatoms. The molecule has 1 unspecified atom stereocenters. The Morgan fingerprint density at radius 1 is 1.14 bits per heavy atom. The number of hydrogen-bond donors (Lipinski definition) is 3. The smallest absolute Gasteiger partial charge is 0.135 e. The van der Waals surface area contributed by atoms with Gasteiger partial charge in [-0.2, -0.15) is 0 Å². The van der Waals surface area contributed by atoms with Gasteiger partial charge >= 0.3 is 0 Å². The highest BCUT2D eigenvalue weighted by atomic mass is 16.3. The second-order valence-electron chi connectivity index (χ2n) is 5.86. The normalized spacial score (nSPS) is 12.5. The van der Waals surface area contributed by atoms with Crippen molar-refractivity contribution in [2.75, 3.05) is 30.8 Å². The Morgan fingerprint density at radius 2 is 1.81 bits per heavy atom. The van der Waals surface area contributed by atoms with E-state index in [-0.39, 0.29) is 6.61 Å². The molecule has 0 aromatic carbocycles. The summed E-state index contributed by atoms with van der Waals surface area (Å²) in [5.41, 5.74) is 1.04. The maximum Gasteiger partial charge on any atom is 0.135 e. The van der Waals surface area contributed by atoms with Crippen LogP contribution in [-0.4, -0.2) is 35.3 Å². The first-order chi connectivity index (χ1) is 10.0. The van der Waals surface area contributed by atoms with E-state index >= 15 is 0 Å². The van der Waals surface area contributed by atoms with Crippen molar-refractivity contribution in [1.29, 1.82) is 0 Å². The predicted octanol–water partition coefficient (Wildman–Crippen LogP) is 3.16. The van der Waals surface area contributed by atoms with Crippen molar-refractivity contribution in [3.63, 3.8) is 0 Å². The van der Waals surface area contributed by atoms with E-state index < -0.39 is 0 Å². The van der Waals surface area contributed by atoms with Gasteiger partial charge in [-0.15, -0.1) is 0 Å². The number of hydrogen-bond acceptors (Lipinski definition) is 5. The number of nitrogens with zero attached hydrogens (tertiary/aromatic N) is 2. The van der Waals surface area contributed by atoms with Crippen molar-refractivity contribution in [3.8, 4) is 0 Å². The monoisotopic (exact) mass is 294 g/mol. The molecule has 5 nitrogen and oxygen atoms in total. The van der Waals surface area contributed by atoms with Crippen LogP contribution in [0.1, 0.15) is 57.3 Å². The third-order valence-electron chi connectivity index (χ3n) is 3.71. The standard InChI is InChI=1S/C16H30N4O/c1-6-7-13(8-9-21)10-18-16-12(4)15(17-5)19-14(20-16)11(2)3/h11,13,21H,6-10H2,1-5H3,(H2,17,18,19,20). The van der Waals surface area contributed by atoms with Crippen LogP contribution in [0.4, 0.5) is 11.6 Å². The molecular weight excluding hydrogens is 264 g/mol. The lowest BCUT2D eigenvalue weighted by Crippen LogP contribution is -2.18. The topological polar surface area (TPSA) is 70.1 Å². The number of aliphatic hydroxyl groups excluding tert-OH is 1. The fourth-order valence-corrected chi connectivity index (χ4v) is 2.39. The summed E-state index contributed by atoms with van der Waals surface area (Å²) >= 11 is 0. The van der Waals surface area contributed by atoms with Crippen molar-refractivity contribution in [2.24, 2.45) is 5.92 Å². The molecular formula is C16H30N4O. The predicted molar refractivity (Wildman–Crippen MR) is 89.0 cm³/mol. The van der Waals surface area contributed by atoms with Crippen LogP contribution in [0.3, 0.4) is 0 Å². The van der Waals surface area contributed by atoms with Crippen molar-refractivity contribution in [3.05, 3.63) is 11.4 Å². The Hall–Kier alpha value is -1.36. The highest BCUT2D eigenvalue weighted by molar-refractivity contribution is 5.57. The van der Waals surface area contributed by atoms with Gasteiger partial charge in [-0.05, 0) is 25.7 Å². The molecule has 1 rings (SSSR count). The molecule has 0 aliphatic carbocycles. The zero-order valence-corrected chi connectivity index (χ0v) is 14.0. The summed E-state index contributed by atoms with van der Waals surface area (Å²) in [7, 11) is 1.88. The summed E-state index contributed by atoms with van der Waals surface area (Å²) < 4.78 is 0. The van der Waals surface area contributed by atoms with E-state index in [2.05, 4.69) is 41.4 Å². The maximum atomic E-state index is 9.15. The van der Waals surface area contributed by atoms with E-state index in [1.54, 1.807) is 0 Å². The molecule has 0 aliphatic heterocycles. The Bertz CT molecular complexity index is 429. The Labute approximate surface area is 128 Å². The summed E-state index contributed by atoms with van der Waals surface area (Å²) in [6, 6.07) is 0. The van der Waals surface area contributed by atoms with E-state index in [4.69, 9.17) is 5.11 Å². The summed E-state index contributed by atoms with van der Waals surface area (Å²) in [4.78, 5) is 9.20. The molecule has 0 saturated heterocycles. The van der Waals surface area contributed by atoms with Gasteiger partial charge in [0.15, 0.2) is 0 Å². The summed E-state index contributed by atoms with van der Waals surface area (Å²) in [5, 5.41) is 15.7. The molecule has 0 bridgehead atoms. The van der Waals surface area contributed by atoms with Crippen molar-refractivity contribution in [2.45, 2.75) is 52.9 Å². The van der Waals surface area contributed by atoms with Gasteiger partial charge < -0.3 is 15.7 Å². The minimum atomic E-state index is 0.244. The zero-order chi connectivity index (χ0) is 15.8. The van der Waals surface area contributed by atoms with Gasteiger partial charge in [-0.25, -0.2) is 9.97 Å². The first kappa shape index (κ1) is 17.7. The lowest BCUT2D eigenvalue weighted by atomic mass is 10.0. The summed E-state index contributed by atoms with van der Waals surface area (Å²) in [6.07, 6.45) is 3.09. The van der Waals surface area contributed by atoms with Crippen LogP contribution in [0.5, 0.6) is 0 Å². The molecule has 0 spiro atoms. The molecule has 1 atom stereocenters. The van der Waals surface area contributed by atoms with Crippen LogP contribution in [0.15, 0.2) is 0 Å². The van der Waals surface area contributed by atoms with Gasteiger partial charge in [0.1, 0.15) is 17.5 Å². The highest BCUT2D eigenvalue weighted by Crippen LogP contribution is 2.23. The quantitative estimate of drug-likeness (QED) is 0.652. The average molecular weight is 294 g/mol. The minimum Gasteiger partial charge on any atom is -0.396 e. The van der Waals surface area contributed by atoms with Gasteiger partial charge in [0.05, 0.1) is 0 Å². The first-order valence-corrected chi connectivity index (χ1v) is 7.94. The average Bonchev–Trinajstić information content (AvgIpc) is 2.46. The number of aliphatic hydroxyl groups is 1. The Morgan fingerprint density at radius 3 is 2.33 bits per heavy atom. The molecule has 1 aromatic rings. The van der Waals surface area contributed by atoms with Crippen LogP contribution >= 0.6 is 0 Å². The second-order valence-corrected chi connectivity index (χ2v) is 5.86. The second kappa shape index (κ2) is 8.82. The first-order valence-electron chi connectivity index (χ1n) is 7.94. The van der Waals surface area contributed by atoms with Crippen molar-refractivity contribution < 1.29 is 5.11 Å². The summed E-state index contributed by atoms with van der Waals surface area (Å²) in [6.45, 7) is 9.48. The van der Waals surface area contributed by atoms with Crippen LogP contribution < -0.4 is 10.6 Å². The van der Waals surface area contributed by atoms with Crippen LogP contribution in [0, 0.1) is 12.8 Å². The van der Waals surface area contributed by atoms with Crippen LogP contribution in [-0.2, 0) is 0 Å². The Kier molecular flexibility index (Phi) is 7.43. The Balaban J connectivity index is 2.88. The van der Waals surface area contributed by atoms with E-state index in [0.29, 0.717) is 11.8 Å². The molecule has 0 amide bonds. The van der Waals surface area contributed by atoms with Crippen molar-refractivity contribution >= 4 is 11.6 Å². The molecule has 0 radical (unpaired) electrons. The van der Waals surface area contributed by atoms with E-state index in [1.165, 1.54) is 0 Å². The fraction of sp³-hybridized carbons (Fsp3) is 0.750. The van der Waals surface area contributed by atoms with Crippen LogP contribution in [0.2, 0.25) is 0 Å². The molecule has 1 aromatic heterocycles. The lowest BCUT2D eigenvalue weighted by Gasteiger charge is -2.19. The summed E-state index contributed by atoms with van der Waals surface area (Å²) in [5.74, 6) is 3.40. The third-order valence-corrected chi connectivity index (χ3v) is 3.71. The molecule has 3 N–H and O–H groups in total. The van der Waals surface area contributed by atoms with E-state index in [0.717, 1.165) is 48.8 Å². The van der Waals surface area contributed by atoms with E-state index in [1.807, 2.05) is 14.0 Å². The molecule has 1 heterocycles. The minimum absolute atomic E-state index is 0.244. The van der Waals surface area contributed by atoms with E-state index in [9.17, 15) is 0 Å². The maximum absolute atomic E-state index is 9.15. The van der Waals surface area contributed by atoms with Crippen molar-refractivity contribution in [1.82, 2.24) is 9.97 Å². The van der Waals surface area contributed by atoms with Gasteiger partial charge in [-0.1, -0.05) is 27.2 Å². The molecule has 0 saturated carbocycles. The fourth-order valence-electron chi connectivity index (χ4n) is 2.39. The molecule has 21 heavy (non-hydrogen) atoms. The molecule has 120 valence electrons. The van der Waals surface area contributed by atoms with Gasteiger partial charge in [-0.3, -0.25) is 0 Å². The zero-order valence-electron chi connectivity index (χ0n) is 14.0. The SMILES string of the molecule is CCCC(CCO)CNc1nc(C(C)C)nc(NC)c1C. The highest BCUT2D eigenvalue weighted by Gasteiger charge is 2.14. The molecule has 0 aliphatic rings.